The third-order valence-corrected chi connectivity index (χ3v) is 6.87. The van der Waals surface area contributed by atoms with E-state index in [1.165, 1.54) is 17.4 Å². The Bertz CT molecular complexity index is 1250. The number of carbonyl (C=O) groups is 2. The summed E-state index contributed by atoms with van der Waals surface area (Å²) in [4.78, 5) is 26.9. The van der Waals surface area contributed by atoms with Gasteiger partial charge in [-0.25, -0.2) is 8.78 Å². The molecule has 6 nitrogen and oxygen atoms in total. The second-order valence-corrected chi connectivity index (χ2v) is 10.0. The molecule has 0 saturated carbocycles. The molecule has 0 heterocycles. The highest BCUT2D eigenvalue weighted by atomic mass is 35.5. The Morgan fingerprint density at radius 1 is 0.949 bits per heavy atom. The fourth-order valence-corrected chi connectivity index (χ4v) is 4.84. The van der Waals surface area contributed by atoms with E-state index in [4.69, 9.17) is 17.3 Å². The summed E-state index contributed by atoms with van der Waals surface area (Å²) in [5.74, 6) is -2.85. The number of nitrogens with zero attached hydrogens (tertiary/aromatic N) is 1. The summed E-state index contributed by atoms with van der Waals surface area (Å²) < 4.78 is 28.0. The van der Waals surface area contributed by atoms with E-state index >= 15 is 0 Å². The van der Waals surface area contributed by atoms with Gasteiger partial charge in [-0.2, -0.15) is 0 Å². The fourth-order valence-electron chi connectivity index (χ4n) is 4.71. The van der Waals surface area contributed by atoms with Gasteiger partial charge < -0.3 is 21.1 Å². The predicted octanol–water partition coefficient (Wildman–Crippen LogP) is 4.19. The first-order valence-corrected chi connectivity index (χ1v) is 13.2. The van der Waals surface area contributed by atoms with Gasteiger partial charge in [-0.05, 0) is 59.4 Å². The average molecular weight is 558 g/mol. The molecule has 0 aromatic heterocycles. The highest BCUT2D eigenvalue weighted by Gasteiger charge is 2.36. The zero-order valence-corrected chi connectivity index (χ0v) is 22.8. The first-order valence-electron chi connectivity index (χ1n) is 12.8. The normalized spacial score (nSPS) is 13.5. The maximum atomic E-state index is 14.0. The van der Waals surface area contributed by atoms with Gasteiger partial charge in [0.15, 0.2) is 0 Å². The van der Waals surface area contributed by atoms with Crippen molar-refractivity contribution in [3.63, 3.8) is 0 Å². The number of aliphatic hydroxyl groups is 1. The third-order valence-electron chi connectivity index (χ3n) is 6.62. The average Bonchev–Trinajstić information content (AvgIpc) is 2.88. The topological polar surface area (TPSA) is 95.7 Å². The molecule has 3 aromatic carbocycles. The van der Waals surface area contributed by atoms with Crippen molar-refractivity contribution in [1.29, 1.82) is 0 Å². The molecule has 208 valence electrons. The quantitative estimate of drug-likeness (QED) is 0.294. The molecule has 0 unspecified atom stereocenters. The van der Waals surface area contributed by atoms with E-state index in [1.54, 1.807) is 24.3 Å². The van der Waals surface area contributed by atoms with Crippen LogP contribution in [0.4, 0.5) is 8.78 Å². The van der Waals surface area contributed by atoms with Crippen molar-refractivity contribution >= 4 is 23.4 Å². The van der Waals surface area contributed by atoms with Crippen molar-refractivity contribution in [2.24, 2.45) is 5.73 Å². The number of hydrogen-bond acceptors (Lipinski definition) is 4. The second-order valence-electron chi connectivity index (χ2n) is 9.60. The number of benzene rings is 3. The van der Waals surface area contributed by atoms with E-state index in [0.29, 0.717) is 17.1 Å². The van der Waals surface area contributed by atoms with Gasteiger partial charge in [-0.1, -0.05) is 54.9 Å². The van der Waals surface area contributed by atoms with Crippen LogP contribution in [0.5, 0.6) is 0 Å². The summed E-state index contributed by atoms with van der Waals surface area (Å²) in [6, 6.07) is 15.7. The molecular weight excluding hydrogens is 524 g/mol. The Balaban J connectivity index is 1.90. The van der Waals surface area contributed by atoms with Crippen LogP contribution >= 0.6 is 11.6 Å². The number of amides is 2. The smallest absolute Gasteiger partial charge is 0.240 e. The van der Waals surface area contributed by atoms with Gasteiger partial charge in [0.2, 0.25) is 11.8 Å². The Hall–Kier alpha value is -3.33. The number of carbonyl (C=O) groups excluding carboxylic acids is 2. The molecule has 0 saturated heterocycles. The Morgan fingerprint density at radius 3 is 2.18 bits per heavy atom. The summed E-state index contributed by atoms with van der Waals surface area (Å²) >= 11 is 5.98. The van der Waals surface area contributed by atoms with Crippen LogP contribution in [-0.4, -0.2) is 46.6 Å². The summed E-state index contributed by atoms with van der Waals surface area (Å²) in [5, 5.41) is 15.0. The molecule has 0 aliphatic carbocycles. The Kier molecular flexibility index (Phi) is 11.0. The van der Waals surface area contributed by atoms with Crippen LogP contribution in [-0.2, 0) is 35.4 Å². The van der Waals surface area contributed by atoms with Crippen LogP contribution in [0.15, 0.2) is 66.7 Å². The first kappa shape index (κ1) is 30.2. The summed E-state index contributed by atoms with van der Waals surface area (Å²) in [5.41, 5.74) is 8.89. The Labute approximate surface area is 232 Å². The van der Waals surface area contributed by atoms with Gasteiger partial charge in [-0.15, -0.1) is 0 Å². The predicted molar refractivity (Wildman–Crippen MR) is 148 cm³/mol. The molecular formula is C30H34ClF2N3O3. The lowest BCUT2D eigenvalue weighted by atomic mass is 9.95. The summed E-state index contributed by atoms with van der Waals surface area (Å²) in [7, 11) is 0. The molecule has 0 bridgehead atoms. The van der Waals surface area contributed by atoms with Crippen LogP contribution in [0.3, 0.4) is 0 Å². The number of nitrogens with one attached hydrogen (secondary N) is 1. The highest BCUT2D eigenvalue weighted by molar-refractivity contribution is 6.30. The van der Waals surface area contributed by atoms with E-state index in [9.17, 15) is 23.5 Å². The highest BCUT2D eigenvalue weighted by Crippen LogP contribution is 2.21. The maximum Gasteiger partial charge on any atom is 0.240 e. The third kappa shape index (κ3) is 8.85. The van der Waals surface area contributed by atoms with Gasteiger partial charge in [0.25, 0.3) is 0 Å². The van der Waals surface area contributed by atoms with Crippen molar-refractivity contribution in [2.75, 3.05) is 6.54 Å². The molecule has 0 aliphatic heterocycles. The molecule has 0 spiro atoms. The number of aryl methyl sites for hydroxylation is 1. The van der Waals surface area contributed by atoms with Gasteiger partial charge in [0, 0.05) is 37.5 Å². The van der Waals surface area contributed by atoms with E-state index in [1.807, 2.05) is 18.2 Å². The van der Waals surface area contributed by atoms with E-state index in [0.717, 1.165) is 30.2 Å². The fraction of sp³-hybridized carbons (Fsp3) is 0.333. The van der Waals surface area contributed by atoms with Crippen LogP contribution in [0.1, 0.15) is 36.1 Å². The number of primary amides is 1. The molecule has 3 aromatic rings. The van der Waals surface area contributed by atoms with Gasteiger partial charge in [-0.3, -0.25) is 9.59 Å². The number of halogens is 3. The molecule has 9 heteroatoms. The minimum absolute atomic E-state index is 0.0506. The maximum absolute atomic E-state index is 14.0. The van der Waals surface area contributed by atoms with Gasteiger partial charge >= 0.3 is 0 Å². The van der Waals surface area contributed by atoms with Gasteiger partial charge in [0.05, 0.1) is 12.1 Å². The molecule has 4 N–H and O–H groups in total. The summed E-state index contributed by atoms with van der Waals surface area (Å²) in [6.07, 6.45) is -0.336. The molecule has 2 amide bonds. The van der Waals surface area contributed by atoms with Crippen LogP contribution < -0.4 is 11.1 Å². The summed E-state index contributed by atoms with van der Waals surface area (Å²) in [6.45, 7) is 3.84. The molecule has 3 rings (SSSR count). The van der Waals surface area contributed by atoms with E-state index in [2.05, 4.69) is 18.3 Å². The SMILES string of the molecule is CCc1cccc(CNC[C@@H](O)[C@H](Cc2cc(F)cc(F)c2)N(C(C)=O)[C@@H](Cc2ccc(Cl)cc2)C(N)=O)c1. The van der Waals surface area contributed by atoms with Gasteiger partial charge in [0.1, 0.15) is 17.7 Å². The van der Waals surface area contributed by atoms with Crippen molar-refractivity contribution < 1.29 is 23.5 Å². The lowest BCUT2D eigenvalue weighted by Gasteiger charge is -2.39. The zero-order chi connectivity index (χ0) is 28.5. The van der Waals surface area contributed by atoms with Crippen LogP contribution in [0, 0.1) is 11.6 Å². The number of rotatable bonds is 13. The molecule has 0 aliphatic rings. The number of nitrogens with two attached hydrogens (primary N) is 1. The standard InChI is InChI=1S/C30H34ClF2N3O3/c1-3-20-5-4-6-22(11-20)17-35-18-29(38)27(15-23-12-25(32)16-26(33)13-23)36(19(2)37)28(30(34)39)14-21-7-9-24(31)10-8-21/h4-13,16,27-29,35,38H,3,14-15,17-18H2,1-2H3,(H2,34,39)/t27-,28-,29+/m0/s1. The number of hydrogen-bond donors (Lipinski definition) is 3. The molecule has 0 fully saturated rings. The van der Waals surface area contributed by atoms with Crippen molar-refractivity contribution in [3.8, 4) is 0 Å². The Morgan fingerprint density at radius 2 is 1.59 bits per heavy atom. The second kappa shape index (κ2) is 14.2. The number of aliphatic hydroxyl groups excluding tert-OH is 1. The lowest BCUT2D eigenvalue weighted by Crippen LogP contribution is -2.58. The van der Waals surface area contributed by atoms with E-state index < -0.39 is 41.6 Å². The minimum atomic E-state index is -1.19. The molecule has 3 atom stereocenters. The molecule has 39 heavy (non-hydrogen) atoms. The minimum Gasteiger partial charge on any atom is -0.390 e. The lowest BCUT2D eigenvalue weighted by molar-refractivity contribution is -0.143. The molecule has 0 radical (unpaired) electrons. The monoisotopic (exact) mass is 557 g/mol. The van der Waals surface area contributed by atoms with Crippen molar-refractivity contribution in [2.45, 2.75) is 57.8 Å². The zero-order valence-electron chi connectivity index (χ0n) is 22.0. The first-order chi connectivity index (χ1) is 18.6. The largest absolute Gasteiger partial charge is 0.390 e. The van der Waals surface area contributed by atoms with Crippen LogP contribution in [0.2, 0.25) is 5.02 Å². The van der Waals surface area contributed by atoms with Crippen LogP contribution in [0.25, 0.3) is 0 Å². The van der Waals surface area contributed by atoms with Crippen molar-refractivity contribution in [1.82, 2.24) is 10.2 Å². The van der Waals surface area contributed by atoms with E-state index in [-0.39, 0.29) is 24.9 Å². The van der Waals surface area contributed by atoms with Crippen molar-refractivity contribution in [3.05, 3.63) is 106 Å².